The first-order valence-corrected chi connectivity index (χ1v) is 8.83. The Morgan fingerprint density at radius 3 is 2.69 bits per heavy atom. The fourth-order valence-electron chi connectivity index (χ4n) is 3.01. The Balaban J connectivity index is 1.31. The lowest BCUT2D eigenvalue weighted by molar-refractivity contribution is -0.384. The molecule has 1 fully saturated rings. The summed E-state index contributed by atoms with van der Waals surface area (Å²) in [6.07, 6.45) is 0.506. The van der Waals surface area contributed by atoms with Gasteiger partial charge in [-0.25, -0.2) is 4.79 Å². The summed E-state index contributed by atoms with van der Waals surface area (Å²) in [6, 6.07) is 11.7. The topological polar surface area (TPSA) is 126 Å². The normalized spacial score (nSPS) is 15.9. The standard InChI is InChI=1S/C19H16N4O6/c24-18-17(29-19(25)20-18)9-12-1-4-15(5-2-12)28-8-7-22-11-13-10-14(23(26)27)3-6-16(13)21-22/h1-6,10-11,17H,7-9H2,(H,20,24,25). The average Bonchev–Trinajstić information content (AvgIpc) is 3.24. The van der Waals surface area contributed by atoms with Crippen molar-refractivity contribution in [1.82, 2.24) is 15.1 Å². The molecule has 1 aliphatic heterocycles. The Labute approximate surface area is 164 Å². The van der Waals surface area contributed by atoms with Crippen LogP contribution in [0.25, 0.3) is 10.9 Å². The fraction of sp³-hybridized carbons (Fsp3) is 0.211. The molecule has 1 saturated heterocycles. The number of hydrogen-bond acceptors (Lipinski definition) is 7. The van der Waals surface area contributed by atoms with E-state index < -0.39 is 23.0 Å². The first-order chi connectivity index (χ1) is 14.0. The highest BCUT2D eigenvalue weighted by molar-refractivity contribution is 6.00. The van der Waals surface area contributed by atoms with Gasteiger partial charge in [-0.3, -0.25) is 24.9 Å². The van der Waals surface area contributed by atoms with Crippen molar-refractivity contribution in [2.24, 2.45) is 0 Å². The molecule has 1 aromatic heterocycles. The van der Waals surface area contributed by atoms with Crippen molar-refractivity contribution in [3.63, 3.8) is 0 Å². The van der Waals surface area contributed by atoms with Crippen LogP contribution in [0.4, 0.5) is 10.5 Å². The van der Waals surface area contributed by atoms with Crippen LogP contribution < -0.4 is 10.1 Å². The van der Waals surface area contributed by atoms with E-state index in [-0.39, 0.29) is 5.69 Å². The third-order valence-electron chi connectivity index (χ3n) is 4.45. The molecule has 0 spiro atoms. The highest BCUT2D eigenvalue weighted by Crippen LogP contribution is 2.20. The molecule has 0 bridgehead atoms. The number of nitro benzene ring substituents is 1. The number of fused-ring (bicyclic) bond motifs is 1. The molecule has 0 aliphatic carbocycles. The molecule has 2 amide bonds. The van der Waals surface area contributed by atoms with E-state index in [4.69, 9.17) is 9.47 Å². The van der Waals surface area contributed by atoms with Gasteiger partial charge in [0.2, 0.25) is 0 Å². The van der Waals surface area contributed by atoms with Crippen LogP contribution in [-0.4, -0.2) is 39.4 Å². The second-order valence-electron chi connectivity index (χ2n) is 6.47. The summed E-state index contributed by atoms with van der Waals surface area (Å²) in [6.45, 7) is 0.834. The molecule has 0 radical (unpaired) electrons. The van der Waals surface area contributed by atoms with Crippen LogP contribution in [-0.2, 0) is 22.5 Å². The summed E-state index contributed by atoms with van der Waals surface area (Å²) in [4.78, 5) is 33.0. The van der Waals surface area contributed by atoms with E-state index in [0.29, 0.717) is 36.2 Å². The van der Waals surface area contributed by atoms with E-state index in [2.05, 4.69) is 10.4 Å². The summed E-state index contributed by atoms with van der Waals surface area (Å²) in [5.41, 5.74) is 1.54. The van der Waals surface area contributed by atoms with E-state index in [1.54, 1.807) is 41.2 Å². The molecule has 10 heteroatoms. The van der Waals surface area contributed by atoms with Gasteiger partial charge < -0.3 is 9.47 Å². The second-order valence-corrected chi connectivity index (χ2v) is 6.47. The highest BCUT2D eigenvalue weighted by Gasteiger charge is 2.31. The van der Waals surface area contributed by atoms with Gasteiger partial charge in [0, 0.05) is 30.1 Å². The van der Waals surface area contributed by atoms with E-state index in [9.17, 15) is 19.7 Å². The Hall–Kier alpha value is -3.95. The number of non-ortho nitro benzene ring substituents is 1. The van der Waals surface area contributed by atoms with E-state index in [1.807, 2.05) is 0 Å². The number of imide groups is 1. The molecule has 2 heterocycles. The van der Waals surface area contributed by atoms with Crippen LogP contribution in [0.1, 0.15) is 5.56 Å². The number of aromatic nitrogens is 2. The number of ether oxygens (including phenoxy) is 2. The van der Waals surface area contributed by atoms with Crippen LogP contribution in [0.15, 0.2) is 48.7 Å². The zero-order valence-corrected chi connectivity index (χ0v) is 15.1. The largest absolute Gasteiger partial charge is 0.492 e. The average molecular weight is 396 g/mol. The summed E-state index contributed by atoms with van der Waals surface area (Å²) in [5, 5.41) is 18.0. The first-order valence-electron chi connectivity index (χ1n) is 8.83. The number of nitro groups is 1. The molecule has 1 unspecified atom stereocenters. The Kier molecular flexibility index (Phi) is 4.82. The number of hydrogen-bond donors (Lipinski definition) is 1. The van der Waals surface area contributed by atoms with Crippen molar-refractivity contribution in [3.05, 3.63) is 64.3 Å². The van der Waals surface area contributed by atoms with Gasteiger partial charge in [-0.1, -0.05) is 12.1 Å². The van der Waals surface area contributed by atoms with Crippen LogP contribution in [0.3, 0.4) is 0 Å². The van der Waals surface area contributed by atoms with Gasteiger partial charge in [-0.15, -0.1) is 0 Å². The SMILES string of the molecule is O=C1NC(=O)C(Cc2ccc(OCCn3cc4cc([N+](=O)[O-])ccc4n3)cc2)O1. The molecular weight excluding hydrogens is 380 g/mol. The molecule has 148 valence electrons. The Bertz CT molecular complexity index is 1090. The predicted octanol–water partition coefficient (Wildman–Crippen LogP) is 2.20. The molecule has 1 aliphatic rings. The molecule has 1 atom stereocenters. The summed E-state index contributed by atoms with van der Waals surface area (Å²) in [5.74, 6) is 0.209. The number of carbonyl (C=O) groups is 2. The van der Waals surface area contributed by atoms with Gasteiger partial charge in [-0.05, 0) is 23.8 Å². The number of carbonyl (C=O) groups excluding carboxylic acids is 2. The number of benzene rings is 2. The van der Waals surface area contributed by atoms with Gasteiger partial charge in [0.1, 0.15) is 12.4 Å². The third-order valence-corrected chi connectivity index (χ3v) is 4.45. The minimum atomic E-state index is -0.806. The number of rotatable bonds is 7. The quantitative estimate of drug-likeness (QED) is 0.479. The predicted molar refractivity (Wildman–Crippen MR) is 100 cm³/mol. The van der Waals surface area contributed by atoms with Crippen molar-refractivity contribution in [2.75, 3.05) is 6.61 Å². The van der Waals surface area contributed by atoms with Crippen molar-refractivity contribution < 1.29 is 24.0 Å². The Morgan fingerprint density at radius 2 is 2.00 bits per heavy atom. The summed E-state index contributed by atoms with van der Waals surface area (Å²) >= 11 is 0. The summed E-state index contributed by atoms with van der Waals surface area (Å²) in [7, 11) is 0. The molecule has 2 aromatic carbocycles. The third kappa shape index (κ3) is 4.15. The van der Waals surface area contributed by atoms with Gasteiger partial charge >= 0.3 is 6.09 Å². The molecule has 4 rings (SSSR count). The number of cyclic esters (lactones) is 1. The van der Waals surface area contributed by atoms with Gasteiger partial charge in [0.15, 0.2) is 6.10 Å². The first kappa shape index (κ1) is 18.4. The highest BCUT2D eigenvalue weighted by atomic mass is 16.6. The smallest absolute Gasteiger partial charge is 0.414 e. The van der Waals surface area contributed by atoms with Crippen LogP contribution >= 0.6 is 0 Å². The van der Waals surface area contributed by atoms with Gasteiger partial charge in [0.25, 0.3) is 11.6 Å². The number of nitrogens with one attached hydrogen (secondary N) is 1. The van der Waals surface area contributed by atoms with Crippen LogP contribution in [0, 0.1) is 10.1 Å². The van der Waals surface area contributed by atoms with Gasteiger partial charge in [0.05, 0.1) is 17.0 Å². The zero-order valence-electron chi connectivity index (χ0n) is 15.1. The fourth-order valence-corrected chi connectivity index (χ4v) is 3.01. The lowest BCUT2D eigenvalue weighted by atomic mass is 10.1. The van der Waals surface area contributed by atoms with E-state index in [0.717, 1.165) is 5.56 Å². The second kappa shape index (κ2) is 7.58. The number of alkyl carbamates (subject to hydrolysis) is 1. The molecule has 0 saturated carbocycles. The Morgan fingerprint density at radius 1 is 1.21 bits per heavy atom. The van der Waals surface area contributed by atoms with Crippen LogP contribution in [0.5, 0.6) is 5.75 Å². The van der Waals surface area contributed by atoms with Crippen molar-refractivity contribution in [1.29, 1.82) is 0 Å². The van der Waals surface area contributed by atoms with Crippen molar-refractivity contribution >= 4 is 28.6 Å². The minimum Gasteiger partial charge on any atom is -0.492 e. The zero-order chi connectivity index (χ0) is 20.4. The molecule has 1 N–H and O–H groups in total. The van der Waals surface area contributed by atoms with Crippen molar-refractivity contribution in [3.8, 4) is 5.75 Å². The maximum absolute atomic E-state index is 11.5. The van der Waals surface area contributed by atoms with E-state index >= 15 is 0 Å². The van der Waals surface area contributed by atoms with Crippen molar-refractivity contribution in [2.45, 2.75) is 19.1 Å². The molecular formula is C19H16N4O6. The maximum atomic E-state index is 11.5. The van der Waals surface area contributed by atoms with Crippen LogP contribution in [0.2, 0.25) is 0 Å². The molecule has 3 aromatic rings. The van der Waals surface area contributed by atoms with E-state index in [1.165, 1.54) is 12.1 Å². The number of nitrogens with zero attached hydrogens (tertiary/aromatic N) is 3. The maximum Gasteiger partial charge on any atom is 0.414 e. The van der Waals surface area contributed by atoms with Gasteiger partial charge in [-0.2, -0.15) is 5.10 Å². The monoisotopic (exact) mass is 396 g/mol. The molecule has 10 nitrogen and oxygen atoms in total. The summed E-state index contributed by atoms with van der Waals surface area (Å²) < 4.78 is 12.3. The lowest BCUT2D eigenvalue weighted by Gasteiger charge is -2.09. The minimum absolute atomic E-state index is 0.0261. The lowest BCUT2D eigenvalue weighted by Crippen LogP contribution is -2.25. The molecule has 29 heavy (non-hydrogen) atoms. The number of amides is 2.